The Hall–Kier alpha value is -0.340. The van der Waals surface area contributed by atoms with Gasteiger partial charge in [0.05, 0.1) is 0 Å². The first-order valence-corrected chi connectivity index (χ1v) is 4.95. The summed E-state index contributed by atoms with van der Waals surface area (Å²) in [5, 5.41) is 0. The number of fused-ring (bicyclic) bond motifs is 2. The molecule has 0 unspecified atom stereocenters. The highest BCUT2D eigenvalue weighted by molar-refractivity contribution is 5.09. The summed E-state index contributed by atoms with van der Waals surface area (Å²) >= 11 is 0. The first-order valence-electron chi connectivity index (χ1n) is 4.95. The second kappa shape index (κ2) is 3.19. The van der Waals surface area contributed by atoms with Gasteiger partial charge in [0.1, 0.15) is 0 Å². The number of rotatable bonds is 2. The van der Waals surface area contributed by atoms with E-state index < -0.39 is 0 Å². The van der Waals surface area contributed by atoms with Gasteiger partial charge in [-0.2, -0.15) is 0 Å². The van der Waals surface area contributed by atoms with Crippen LogP contribution in [0.15, 0.2) is 12.2 Å². The Bertz CT molecular complexity index is 168. The van der Waals surface area contributed by atoms with Gasteiger partial charge in [0.2, 0.25) is 0 Å². The molecule has 2 nitrogen and oxygen atoms in total. The Kier molecular flexibility index (Phi) is 2.20. The van der Waals surface area contributed by atoms with Gasteiger partial charge in [0, 0.05) is 0 Å². The second-order valence-electron chi connectivity index (χ2n) is 4.09. The highest BCUT2D eigenvalue weighted by atomic mass is 14.6. The van der Waals surface area contributed by atoms with Crippen LogP contribution in [0.5, 0.6) is 0 Å². The van der Waals surface area contributed by atoms with Crippen molar-refractivity contribution in [3.05, 3.63) is 12.2 Å². The quantitative estimate of drug-likeness (QED) is 0.594. The molecule has 68 valence electrons. The number of allylic oxidation sites excluding steroid dienone is 2. The SMILES string of the molecule is NC[C@@H]1[C@@H](CN)[C@@H]2C=C[C@@H]1CC2. The Morgan fingerprint density at radius 3 is 1.58 bits per heavy atom. The molecule has 1 fully saturated rings. The predicted molar refractivity (Wildman–Crippen MR) is 50.4 cm³/mol. The molecule has 0 saturated heterocycles. The van der Waals surface area contributed by atoms with Crippen molar-refractivity contribution in [1.82, 2.24) is 0 Å². The third-order valence-electron chi connectivity index (χ3n) is 3.63. The van der Waals surface area contributed by atoms with E-state index in [0.29, 0.717) is 11.8 Å². The van der Waals surface area contributed by atoms with Gasteiger partial charge < -0.3 is 11.5 Å². The van der Waals surface area contributed by atoms with Crippen molar-refractivity contribution >= 4 is 0 Å². The molecule has 0 heterocycles. The third-order valence-corrected chi connectivity index (χ3v) is 3.63. The highest BCUT2D eigenvalue weighted by Crippen LogP contribution is 2.43. The fourth-order valence-electron chi connectivity index (χ4n) is 2.91. The summed E-state index contributed by atoms with van der Waals surface area (Å²) in [6.45, 7) is 1.63. The van der Waals surface area contributed by atoms with E-state index in [-0.39, 0.29) is 0 Å². The van der Waals surface area contributed by atoms with E-state index in [2.05, 4.69) is 12.2 Å². The summed E-state index contributed by atoms with van der Waals surface area (Å²) in [7, 11) is 0. The molecule has 0 aromatic carbocycles. The van der Waals surface area contributed by atoms with Crippen LogP contribution in [0.3, 0.4) is 0 Å². The van der Waals surface area contributed by atoms with Crippen molar-refractivity contribution in [2.45, 2.75) is 12.8 Å². The summed E-state index contributed by atoms with van der Waals surface area (Å²) in [6, 6.07) is 0. The largest absolute Gasteiger partial charge is 0.330 e. The van der Waals surface area contributed by atoms with Gasteiger partial charge in [-0.3, -0.25) is 0 Å². The minimum atomic E-state index is 0.666. The van der Waals surface area contributed by atoms with Gasteiger partial charge in [-0.05, 0) is 49.6 Å². The van der Waals surface area contributed by atoms with Gasteiger partial charge in [-0.25, -0.2) is 0 Å². The molecule has 0 spiro atoms. The second-order valence-corrected chi connectivity index (χ2v) is 4.09. The molecule has 3 rings (SSSR count). The first-order chi connectivity index (χ1) is 5.86. The van der Waals surface area contributed by atoms with Gasteiger partial charge >= 0.3 is 0 Å². The molecule has 0 radical (unpaired) electrons. The lowest BCUT2D eigenvalue weighted by atomic mass is 9.62. The monoisotopic (exact) mass is 166 g/mol. The van der Waals surface area contributed by atoms with Gasteiger partial charge in [-0.1, -0.05) is 12.2 Å². The molecular formula is C10H18N2. The van der Waals surface area contributed by atoms with Crippen LogP contribution in [0.25, 0.3) is 0 Å². The zero-order valence-corrected chi connectivity index (χ0v) is 7.45. The molecule has 3 aliphatic rings. The summed E-state index contributed by atoms with van der Waals surface area (Å²) in [4.78, 5) is 0. The lowest BCUT2D eigenvalue weighted by Gasteiger charge is -2.44. The summed E-state index contributed by atoms with van der Waals surface area (Å²) in [6.07, 6.45) is 7.38. The van der Waals surface area contributed by atoms with Crippen LogP contribution >= 0.6 is 0 Å². The summed E-state index contributed by atoms with van der Waals surface area (Å²) < 4.78 is 0. The van der Waals surface area contributed by atoms with Gasteiger partial charge in [-0.15, -0.1) is 0 Å². The van der Waals surface area contributed by atoms with E-state index in [4.69, 9.17) is 11.5 Å². The van der Waals surface area contributed by atoms with Crippen molar-refractivity contribution < 1.29 is 0 Å². The van der Waals surface area contributed by atoms with E-state index in [1.807, 2.05) is 0 Å². The Morgan fingerprint density at radius 1 is 0.917 bits per heavy atom. The average Bonchev–Trinajstić information content (AvgIpc) is 2.18. The van der Waals surface area contributed by atoms with Crippen LogP contribution < -0.4 is 11.5 Å². The van der Waals surface area contributed by atoms with E-state index in [9.17, 15) is 0 Å². The molecule has 1 saturated carbocycles. The lowest BCUT2D eigenvalue weighted by Crippen LogP contribution is -2.44. The van der Waals surface area contributed by atoms with Crippen LogP contribution in [0.2, 0.25) is 0 Å². The molecule has 4 N–H and O–H groups in total. The smallest absolute Gasteiger partial charge is 0.00399 e. The van der Waals surface area contributed by atoms with Gasteiger partial charge in [0.15, 0.2) is 0 Å². The van der Waals surface area contributed by atoms with Crippen LogP contribution in [-0.2, 0) is 0 Å². The molecule has 2 heteroatoms. The van der Waals surface area contributed by atoms with Crippen molar-refractivity contribution in [3.8, 4) is 0 Å². The minimum Gasteiger partial charge on any atom is -0.330 e. The lowest BCUT2D eigenvalue weighted by molar-refractivity contribution is 0.134. The van der Waals surface area contributed by atoms with E-state index >= 15 is 0 Å². The summed E-state index contributed by atoms with van der Waals surface area (Å²) in [5.41, 5.74) is 11.5. The normalized spacial score (nSPS) is 45.2. The third kappa shape index (κ3) is 1.10. The molecule has 0 aromatic heterocycles. The maximum Gasteiger partial charge on any atom is -0.00399 e. The van der Waals surface area contributed by atoms with E-state index in [1.165, 1.54) is 12.8 Å². The molecular weight excluding hydrogens is 148 g/mol. The average molecular weight is 166 g/mol. The van der Waals surface area contributed by atoms with E-state index in [1.54, 1.807) is 0 Å². The molecule has 4 atom stereocenters. The molecule has 0 aromatic rings. The maximum absolute atomic E-state index is 5.77. The number of hydrogen-bond donors (Lipinski definition) is 2. The topological polar surface area (TPSA) is 52.0 Å². The molecule has 3 aliphatic carbocycles. The zero-order valence-electron chi connectivity index (χ0n) is 7.45. The van der Waals surface area contributed by atoms with Crippen LogP contribution in [-0.4, -0.2) is 13.1 Å². The van der Waals surface area contributed by atoms with Crippen molar-refractivity contribution in [1.29, 1.82) is 0 Å². The van der Waals surface area contributed by atoms with Crippen molar-refractivity contribution in [3.63, 3.8) is 0 Å². The van der Waals surface area contributed by atoms with Crippen molar-refractivity contribution in [2.24, 2.45) is 35.1 Å². The fourth-order valence-corrected chi connectivity index (χ4v) is 2.91. The van der Waals surface area contributed by atoms with Crippen LogP contribution in [0.4, 0.5) is 0 Å². The predicted octanol–water partition coefficient (Wildman–Crippen LogP) is 0.732. The zero-order chi connectivity index (χ0) is 8.55. The molecule has 0 amide bonds. The molecule has 12 heavy (non-hydrogen) atoms. The Morgan fingerprint density at radius 2 is 1.33 bits per heavy atom. The molecule has 0 aliphatic heterocycles. The summed E-state index contributed by atoms with van der Waals surface area (Å²) in [5.74, 6) is 2.79. The Balaban J connectivity index is 2.18. The minimum absolute atomic E-state index is 0.666. The van der Waals surface area contributed by atoms with Crippen LogP contribution in [0, 0.1) is 23.7 Å². The first kappa shape index (κ1) is 8.27. The molecule has 2 bridgehead atoms. The van der Waals surface area contributed by atoms with Crippen LogP contribution in [0.1, 0.15) is 12.8 Å². The fraction of sp³-hybridized carbons (Fsp3) is 0.800. The number of nitrogens with two attached hydrogens (primary N) is 2. The number of hydrogen-bond acceptors (Lipinski definition) is 2. The maximum atomic E-state index is 5.77. The van der Waals surface area contributed by atoms with Gasteiger partial charge in [0.25, 0.3) is 0 Å². The Labute approximate surface area is 74.0 Å². The highest BCUT2D eigenvalue weighted by Gasteiger charge is 2.38. The standard InChI is InChI=1S/C10H18N2/c11-5-9-7-1-2-8(4-3-7)10(9)6-12/h1-2,7-10H,3-6,11-12H2/t7-,8-,9+,10+/m1/s1. The van der Waals surface area contributed by atoms with Crippen molar-refractivity contribution in [2.75, 3.05) is 13.1 Å². The van der Waals surface area contributed by atoms with E-state index in [0.717, 1.165) is 24.9 Å².